The van der Waals surface area contributed by atoms with Gasteiger partial charge in [0.15, 0.2) is 0 Å². The van der Waals surface area contributed by atoms with E-state index in [0.717, 1.165) is 24.4 Å². The third-order valence-electron chi connectivity index (χ3n) is 4.37. The van der Waals surface area contributed by atoms with Crippen LogP contribution in [0.2, 0.25) is 0 Å². The summed E-state index contributed by atoms with van der Waals surface area (Å²) in [6.45, 7) is 9.59. The standard InChI is InChI=1S/C13H26N2/c1-3-13(8-14-4-2)15-9-11-6-5-7-12(11)10-15/h11-14H,3-10H2,1-2H3. The highest BCUT2D eigenvalue weighted by molar-refractivity contribution is 4.91. The number of nitrogens with zero attached hydrogens (tertiary/aromatic N) is 1. The lowest BCUT2D eigenvalue weighted by atomic mass is 10.0. The Morgan fingerprint density at radius 3 is 2.40 bits per heavy atom. The van der Waals surface area contributed by atoms with Crippen LogP contribution in [-0.4, -0.2) is 37.1 Å². The lowest BCUT2D eigenvalue weighted by Gasteiger charge is -2.27. The first-order valence-electron chi connectivity index (χ1n) is 6.79. The summed E-state index contributed by atoms with van der Waals surface area (Å²) in [4.78, 5) is 2.75. The molecule has 0 aromatic rings. The van der Waals surface area contributed by atoms with Gasteiger partial charge in [-0.05, 0) is 37.6 Å². The summed E-state index contributed by atoms with van der Waals surface area (Å²) in [5.74, 6) is 2.08. The maximum absolute atomic E-state index is 3.50. The van der Waals surface area contributed by atoms with Gasteiger partial charge < -0.3 is 5.32 Å². The van der Waals surface area contributed by atoms with Gasteiger partial charge in [0.05, 0.1) is 0 Å². The molecule has 0 spiro atoms. The van der Waals surface area contributed by atoms with Gasteiger partial charge >= 0.3 is 0 Å². The van der Waals surface area contributed by atoms with Crippen molar-refractivity contribution in [2.45, 2.75) is 45.6 Å². The Kier molecular flexibility index (Phi) is 4.04. The van der Waals surface area contributed by atoms with Crippen LogP contribution in [-0.2, 0) is 0 Å². The van der Waals surface area contributed by atoms with Crippen molar-refractivity contribution in [2.75, 3.05) is 26.2 Å². The van der Waals surface area contributed by atoms with E-state index in [1.165, 1.54) is 45.3 Å². The van der Waals surface area contributed by atoms with Crippen molar-refractivity contribution in [3.63, 3.8) is 0 Å². The van der Waals surface area contributed by atoms with E-state index in [0.29, 0.717) is 0 Å². The Hall–Kier alpha value is -0.0800. The van der Waals surface area contributed by atoms with E-state index in [-0.39, 0.29) is 0 Å². The third kappa shape index (κ3) is 2.54. The molecular formula is C13H26N2. The fourth-order valence-electron chi connectivity index (χ4n) is 3.41. The summed E-state index contributed by atoms with van der Waals surface area (Å²) in [6, 6.07) is 0.788. The summed E-state index contributed by atoms with van der Waals surface area (Å²) in [6.07, 6.45) is 5.79. The molecule has 0 aromatic carbocycles. The molecule has 1 heterocycles. The van der Waals surface area contributed by atoms with E-state index in [4.69, 9.17) is 0 Å². The lowest BCUT2D eigenvalue weighted by molar-refractivity contribution is 0.214. The average molecular weight is 210 g/mol. The summed E-state index contributed by atoms with van der Waals surface area (Å²) in [7, 11) is 0. The fraction of sp³-hybridized carbons (Fsp3) is 1.00. The molecule has 0 radical (unpaired) electrons. The molecule has 1 aliphatic carbocycles. The summed E-state index contributed by atoms with van der Waals surface area (Å²) in [5, 5.41) is 3.50. The Bertz CT molecular complexity index is 181. The van der Waals surface area contributed by atoms with Gasteiger partial charge in [-0.25, -0.2) is 0 Å². The number of rotatable bonds is 5. The highest BCUT2D eigenvalue weighted by atomic mass is 15.2. The molecule has 2 nitrogen and oxygen atoms in total. The molecule has 2 fully saturated rings. The van der Waals surface area contributed by atoms with Crippen molar-refractivity contribution in [3.05, 3.63) is 0 Å². The van der Waals surface area contributed by atoms with Crippen molar-refractivity contribution in [3.8, 4) is 0 Å². The van der Waals surface area contributed by atoms with E-state index >= 15 is 0 Å². The number of likely N-dealkylation sites (N-methyl/N-ethyl adjacent to an activating group) is 1. The van der Waals surface area contributed by atoms with E-state index in [1.807, 2.05) is 0 Å². The van der Waals surface area contributed by atoms with Crippen molar-refractivity contribution < 1.29 is 0 Å². The van der Waals surface area contributed by atoms with Crippen LogP contribution >= 0.6 is 0 Å². The van der Waals surface area contributed by atoms with Crippen LogP contribution in [0.25, 0.3) is 0 Å². The average Bonchev–Trinajstić information content (AvgIpc) is 2.79. The van der Waals surface area contributed by atoms with E-state index in [2.05, 4.69) is 24.1 Å². The van der Waals surface area contributed by atoms with Gasteiger partial charge in [0.25, 0.3) is 0 Å². The maximum Gasteiger partial charge on any atom is 0.0218 e. The van der Waals surface area contributed by atoms with Crippen LogP contribution in [0.1, 0.15) is 39.5 Å². The predicted octanol–water partition coefficient (Wildman–Crippen LogP) is 2.11. The van der Waals surface area contributed by atoms with Gasteiger partial charge in [-0.3, -0.25) is 4.90 Å². The smallest absolute Gasteiger partial charge is 0.0218 e. The summed E-state index contributed by atoms with van der Waals surface area (Å²) < 4.78 is 0. The van der Waals surface area contributed by atoms with Crippen molar-refractivity contribution in [2.24, 2.45) is 11.8 Å². The second-order valence-corrected chi connectivity index (χ2v) is 5.27. The minimum atomic E-state index is 0.788. The topological polar surface area (TPSA) is 15.3 Å². The molecule has 2 heteroatoms. The van der Waals surface area contributed by atoms with Gasteiger partial charge in [-0.1, -0.05) is 20.3 Å². The Labute approximate surface area is 94.4 Å². The summed E-state index contributed by atoms with van der Waals surface area (Å²) in [5.41, 5.74) is 0. The van der Waals surface area contributed by atoms with Crippen molar-refractivity contribution in [1.29, 1.82) is 0 Å². The zero-order valence-corrected chi connectivity index (χ0v) is 10.3. The van der Waals surface area contributed by atoms with Crippen LogP contribution < -0.4 is 5.32 Å². The molecule has 3 unspecified atom stereocenters. The molecule has 1 saturated heterocycles. The zero-order chi connectivity index (χ0) is 10.7. The quantitative estimate of drug-likeness (QED) is 0.747. The number of fused-ring (bicyclic) bond motifs is 1. The van der Waals surface area contributed by atoms with Crippen molar-refractivity contribution in [1.82, 2.24) is 10.2 Å². The Morgan fingerprint density at radius 2 is 1.87 bits per heavy atom. The lowest BCUT2D eigenvalue weighted by Crippen LogP contribution is -2.41. The SMILES string of the molecule is CCNCC(CC)N1CC2CCCC2C1. The zero-order valence-electron chi connectivity index (χ0n) is 10.3. The van der Waals surface area contributed by atoms with Gasteiger partial charge in [0.1, 0.15) is 0 Å². The first-order valence-corrected chi connectivity index (χ1v) is 6.79. The maximum atomic E-state index is 3.50. The number of likely N-dealkylation sites (tertiary alicyclic amines) is 1. The normalized spacial score (nSPS) is 33.2. The molecule has 1 aliphatic heterocycles. The highest BCUT2D eigenvalue weighted by Gasteiger charge is 2.37. The van der Waals surface area contributed by atoms with Crippen LogP contribution in [0.4, 0.5) is 0 Å². The van der Waals surface area contributed by atoms with Crippen molar-refractivity contribution >= 4 is 0 Å². The Balaban J connectivity index is 1.82. The first-order chi connectivity index (χ1) is 7.35. The highest BCUT2D eigenvalue weighted by Crippen LogP contribution is 2.38. The molecule has 88 valence electrons. The second kappa shape index (κ2) is 5.31. The third-order valence-corrected chi connectivity index (χ3v) is 4.37. The predicted molar refractivity (Wildman–Crippen MR) is 65.0 cm³/mol. The molecule has 0 amide bonds. The molecule has 15 heavy (non-hydrogen) atoms. The van der Waals surface area contributed by atoms with Crippen LogP contribution in [0.5, 0.6) is 0 Å². The molecular weight excluding hydrogens is 184 g/mol. The van der Waals surface area contributed by atoms with Crippen LogP contribution in [0.3, 0.4) is 0 Å². The number of hydrogen-bond donors (Lipinski definition) is 1. The van der Waals surface area contributed by atoms with Crippen LogP contribution in [0, 0.1) is 11.8 Å². The molecule has 3 atom stereocenters. The molecule has 0 bridgehead atoms. The fourth-order valence-corrected chi connectivity index (χ4v) is 3.41. The minimum Gasteiger partial charge on any atom is -0.315 e. The number of nitrogens with one attached hydrogen (secondary N) is 1. The van der Waals surface area contributed by atoms with Gasteiger partial charge in [-0.2, -0.15) is 0 Å². The van der Waals surface area contributed by atoms with Gasteiger partial charge in [0.2, 0.25) is 0 Å². The van der Waals surface area contributed by atoms with Crippen LogP contribution in [0.15, 0.2) is 0 Å². The first kappa shape index (κ1) is 11.4. The van der Waals surface area contributed by atoms with E-state index in [9.17, 15) is 0 Å². The Morgan fingerprint density at radius 1 is 1.20 bits per heavy atom. The van der Waals surface area contributed by atoms with Gasteiger partial charge in [-0.15, -0.1) is 0 Å². The molecule has 1 N–H and O–H groups in total. The van der Waals surface area contributed by atoms with E-state index < -0.39 is 0 Å². The van der Waals surface area contributed by atoms with Gasteiger partial charge in [0, 0.05) is 25.7 Å². The molecule has 2 aliphatic rings. The molecule has 1 saturated carbocycles. The molecule has 2 rings (SSSR count). The van der Waals surface area contributed by atoms with E-state index in [1.54, 1.807) is 0 Å². The largest absolute Gasteiger partial charge is 0.315 e. The monoisotopic (exact) mass is 210 g/mol. The second-order valence-electron chi connectivity index (χ2n) is 5.27. The summed E-state index contributed by atoms with van der Waals surface area (Å²) >= 11 is 0. The molecule has 0 aromatic heterocycles. The number of hydrogen-bond acceptors (Lipinski definition) is 2. The minimum absolute atomic E-state index is 0.788.